The predicted octanol–water partition coefficient (Wildman–Crippen LogP) is 5.17. The van der Waals surface area contributed by atoms with Crippen molar-refractivity contribution in [1.82, 2.24) is 9.21 Å². The lowest BCUT2D eigenvalue weighted by Gasteiger charge is -2.30. The molecule has 0 amide bonds. The second-order valence-corrected chi connectivity index (χ2v) is 10.9. The minimum Gasteiger partial charge on any atom is -0.300 e. The van der Waals surface area contributed by atoms with E-state index in [1.165, 1.54) is 43.7 Å². The summed E-state index contributed by atoms with van der Waals surface area (Å²) in [5.41, 5.74) is -0.847. The maximum atomic E-state index is 12.8. The van der Waals surface area contributed by atoms with Crippen LogP contribution in [0.3, 0.4) is 0 Å². The highest BCUT2D eigenvalue weighted by molar-refractivity contribution is 7.89. The molecule has 174 valence electrons. The molecule has 1 saturated carbocycles. The molecule has 1 saturated heterocycles. The van der Waals surface area contributed by atoms with Crippen molar-refractivity contribution in [3.8, 4) is 0 Å². The molecule has 1 heterocycles. The molecule has 1 aromatic rings. The molecule has 2 fully saturated rings. The topological polar surface area (TPSA) is 40.6 Å². The van der Waals surface area contributed by atoms with E-state index in [0.29, 0.717) is 12.5 Å². The Balaban J connectivity index is 1.47. The van der Waals surface area contributed by atoms with E-state index in [2.05, 4.69) is 17.1 Å². The van der Waals surface area contributed by atoms with Gasteiger partial charge in [-0.1, -0.05) is 18.6 Å². The maximum Gasteiger partial charge on any atom is 0.416 e. The van der Waals surface area contributed by atoms with Crippen molar-refractivity contribution in [2.24, 2.45) is 11.8 Å². The average Bonchev–Trinajstić information content (AvgIpc) is 2.75. The lowest BCUT2D eigenvalue weighted by molar-refractivity contribution is -0.137. The molecule has 31 heavy (non-hydrogen) atoms. The van der Waals surface area contributed by atoms with Crippen LogP contribution in [0, 0.1) is 11.8 Å². The van der Waals surface area contributed by atoms with E-state index in [1.807, 2.05) is 0 Å². The molecular weight excluding hydrogens is 425 g/mol. The van der Waals surface area contributed by atoms with Gasteiger partial charge in [0.1, 0.15) is 0 Å². The first-order valence-electron chi connectivity index (χ1n) is 11.2. The first-order valence-corrected chi connectivity index (χ1v) is 12.6. The third kappa shape index (κ3) is 6.80. The summed E-state index contributed by atoms with van der Waals surface area (Å²) in [6.07, 6.45) is 8.10. The zero-order valence-electron chi connectivity index (χ0n) is 18.2. The van der Waals surface area contributed by atoms with E-state index in [9.17, 15) is 21.6 Å². The highest BCUT2D eigenvalue weighted by Gasteiger charge is 2.31. The summed E-state index contributed by atoms with van der Waals surface area (Å²) >= 11 is 0. The van der Waals surface area contributed by atoms with Crippen molar-refractivity contribution in [2.75, 3.05) is 33.2 Å². The van der Waals surface area contributed by atoms with Crippen LogP contribution in [0.25, 0.3) is 0 Å². The van der Waals surface area contributed by atoms with Crippen molar-refractivity contribution in [2.45, 2.75) is 56.0 Å². The average molecular weight is 459 g/mol. The summed E-state index contributed by atoms with van der Waals surface area (Å²) in [5.74, 6) is 0.832. The number of hydrogen-bond donors (Lipinski definition) is 0. The van der Waals surface area contributed by atoms with Crippen LogP contribution in [0.2, 0.25) is 0 Å². The third-order valence-corrected chi connectivity index (χ3v) is 8.35. The van der Waals surface area contributed by atoms with E-state index in [0.717, 1.165) is 56.5 Å². The second kappa shape index (κ2) is 10.5. The van der Waals surface area contributed by atoms with Gasteiger partial charge in [-0.25, -0.2) is 12.7 Å². The van der Waals surface area contributed by atoms with Crippen LogP contribution >= 0.6 is 0 Å². The summed E-state index contributed by atoms with van der Waals surface area (Å²) in [6.45, 7) is 3.80. The molecule has 3 rings (SSSR count). The van der Waals surface area contributed by atoms with Crippen molar-refractivity contribution >= 4 is 10.0 Å². The number of alkyl halides is 3. The van der Waals surface area contributed by atoms with Crippen molar-refractivity contribution in [1.29, 1.82) is 0 Å². The summed E-state index contributed by atoms with van der Waals surface area (Å²) in [4.78, 5) is 2.39. The molecule has 0 atom stereocenters. The van der Waals surface area contributed by atoms with Gasteiger partial charge < -0.3 is 0 Å². The standard InChI is InChI=1S/C23H33F3N2O2S/c1-27(31(29,30)22-13-11-21(12-14-22)23(24,25)26)18-20-9-7-19(8-10-20)6-5-17-28-15-3-2-4-16-28/h5-6,11-14,19-20H,2-4,7-10,15-18H2,1H3/b6-5+/t19-,20-. The van der Waals surface area contributed by atoms with Gasteiger partial charge >= 0.3 is 6.18 Å². The fourth-order valence-electron chi connectivity index (χ4n) is 4.57. The molecule has 2 aliphatic rings. The molecule has 0 bridgehead atoms. The smallest absolute Gasteiger partial charge is 0.300 e. The van der Waals surface area contributed by atoms with Gasteiger partial charge in [-0.3, -0.25) is 4.90 Å². The van der Waals surface area contributed by atoms with E-state index in [-0.39, 0.29) is 10.8 Å². The Kier molecular flexibility index (Phi) is 8.21. The molecule has 1 aliphatic heterocycles. The van der Waals surface area contributed by atoms with Crippen LogP contribution in [0.1, 0.15) is 50.5 Å². The molecule has 0 spiro atoms. The summed E-state index contributed by atoms with van der Waals surface area (Å²) < 4.78 is 64.9. The van der Waals surface area contributed by atoms with Gasteiger partial charge in [-0.15, -0.1) is 0 Å². The fraction of sp³-hybridized carbons (Fsp3) is 0.652. The molecule has 1 aromatic carbocycles. The van der Waals surface area contributed by atoms with Crippen LogP contribution in [0.5, 0.6) is 0 Å². The molecule has 8 heteroatoms. The first-order chi connectivity index (χ1) is 14.7. The van der Waals surface area contributed by atoms with Crippen LogP contribution in [0.4, 0.5) is 13.2 Å². The summed E-state index contributed by atoms with van der Waals surface area (Å²) in [6, 6.07) is 3.72. The number of piperidine rings is 1. The highest BCUT2D eigenvalue weighted by Crippen LogP contribution is 2.32. The highest BCUT2D eigenvalue weighted by atomic mass is 32.2. The Hall–Kier alpha value is -1.38. The maximum absolute atomic E-state index is 12.8. The van der Waals surface area contributed by atoms with Gasteiger partial charge in [-0.05, 0) is 87.7 Å². The minimum absolute atomic E-state index is 0.0997. The monoisotopic (exact) mass is 458 g/mol. The van der Waals surface area contributed by atoms with E-state index >= 15 is 0 Å². The molecule has 0 aromatic heterocycles. The van der Waals surface area contributed by atoms with E-state index < -0.39 is 21.8 Å². The number of allylic oxidation sites excluding steroid dienone is 1. The second-order valence-electron chi connectivity index (χ2n) is 8.88. The number of benzene rings is 1. The zero-order valence-corrected chi connectivity index (χ0v) is 19.0. The number of rotatable bonds is 7. The molecule has 4 nitrogen and oxygen atoms in total. The Morgan fingerprint density at radius 3 is 2.23 bits per heavy atom. The number of sulfonamides is 1. The lowest BCUT2D eigenvalue weighted by Crippen LogP contribution is -2.33. The zero-order chi connectivity index (χ0) is 22.5. The quantitative estimate of drug-likeness (QED) is 0.529. The van der Waals surface area contributed by atoms with Gasteiger partial charge in [0.05, 0.1) is 10.5 Å². The number of likely N-dealkylation sites (tertiary alicyclic amines) is 1. The normalized spacial score (nSPS) is 24.2. The van der Waals surface area contributed by atoms with Crippen LogP contribution in [0.15, 0.2) is 41.3 Å². The van der Waals surface area contributed by atoms with E-state index in [1.54, 1.807) is 0 Å². The van der Waals surface area contributed by atoms with Crippen molar-refractivity contribution in [3.63, 3.8) is 0 Å². The molecule has 0 N–H and O–H groups in total. The van der Waals surface area contributed by atoms with Gasteiger partial charge in [0.2, 0.25) is 10.0 Å². The Bertz CT molecular complexity index is 823. The van der Waals surface area contributed by atoms with Crippen LogP contribution < -0.4 is 0 Å². The lowest BCUT2D eigenvalue weighted by atomic mass is 9.82. The Morgan fingerprint density at radius 1 is 1.03 bits per heavy atom. The van der Waals surface area contributed by atoms with Gasteiger partial charge in [0, 0.05) is 20.1 Å². The van der Waals surface area contributed by atoms with E-state index in [4.69, 9.17) is 0 Å². The minimum atomic E-state index is -4.48. The molecule has 0 unspecified atom stereocenters. The molecule has 1 aliphatic carbocycles. The SMILES string of the molecule is CN(C[C@H]1CC[C@H](/C=C/CN2CCCCC2)CC1)S(=O)(=O)c1ccc(C(F)(F)F)cc1. The Morgan fingerprint density at radius 2 is 1.65 bits per heavy atom. The van der Waals surface area contributed by atoms with Gasteiger partial charge in [-0.2, -0.15) is 13.2 Å². The van der Waals surface area contributed by atoms with Crippen molar-refractivity contribution in [3.05, 3.63) is 42.0 Å². The van der Waals surface area contributed by atoms with Gasteiger partial charge in [0.15, 0.2) is 0 Å². The molecule has 0 radical (unpaired) electrons. The van der Waals surface area contributed by atoms with Crippen LogP contribution in [-0.4, -0.2) is 50.8 Å². The van der Waals surface area contributed by atoms with Crippen molar-refractivity contribution < 1.29 is 21.6 Å². The summed E-state index contributed by atoms with van der Waals surface area (Å²) in [7, 11) is -2.28. The van der Waals surface area contributed by atoms with Gasteiger partial charge in [0.25, 0.3) is 0 Å². The largest absolute Gasteiger partial charge is 0.416 e. The number of nitrogens with zero attached hydrogens (tertiary/aromatic N) is 2. The fourth-order valence-corrected chi connectivity index (χ4v) is 5.81. The number of hydrogen-bond acceptors (Lipinski definition) is 3. The first kappa shape index (κ1) is 24.3. The van der Waals surface area contributed by atoms with Crippen LogP contribution in [-0.2, 0) is 16.2 Å². The summed E-state index contributed by atoms with van der Waals surface area (Å²) in [5, 5.41) is 0. The molecular formula is C23H33F3N2O2S. The number of halogens is 3. The Labute approximate surface area is 184 Å². The predicted molar refractivity (Wildman–Crippen MR) is 116 cm³/mol. The third-order valence-electron chi connectivity index (χ3n) is 6.52.